The van der Waals surface area contributed by atoms with Gasteiger partial charge in [-0.25, -0.2) is 0 Å². The highest BCUT2D eigenvalue weighted by Crippen LogP contribution is 2.19. The van der Waals surface area contributed by atoms with E-state index in [0.29, 0.717) is 17.0 Å². The summed E-state index contributed by atoms with van der Waals surface area (Å²) in [6.45, 7) is 1.65. The second-order valence-corrected chi connectivity index (χ2v) is 7.11. The first-order chi connectivity index (χ1) is 12.1. The van der Waals surface area contributed by atoms with Crippen molar-refractivity contribution in [3.63, 3.8) is 0 Å². The molecule has 0 aliphatic carbocycles. The molecule has 2 amide bonds. The van der Waals surface area contributed by atoms with Gasteiger partial charge >= 0.3 is 0 Å². The molecule has 5 nitrogen and oxygen atoms in total. The van der Waals surface area contributed by atoms with Crippen molar-refractivity contribution in [2.45, 2.75) is 12.8 Å². The van der Waals surface area contributed by atoms with Crippen LogP contribution in [0.15, 0.2) is 48.5 Å². The number of benzene rings is 2. The minimum Gasteiger partial charge on any atom is -0.484 e. The monoisotopic (exact) mass is 450 g/mol. The smallest absolute Gasteiger partial charge is 0.260 e. The van der Waals surface area contributed by atoms with Gasteiger partial charge in [-0.1, -0.05) is 12.1 Å². The zero-order chi connectivity index (χ0) is 17.6. The van der Waals surface area contributed by atoms with Gasteiger partial charge in [0.1, 0.15) is 5.75 Å². The number of carbonyl (C=O) groups is 2. The van der Waals surface area contributed by atoms with Crippen molar-refractivity contribution >= 4 is 40.1 Å². The number of likely N-dealkylation sites (tertiary alicyclic amines) is 1. The number of amides is 2. The molecule has 0 saturated carbocycles. The van der Waals surface area contributed by atoms with Gasteiger partial charge in [-0.15, -0.1) is 0 Å². The van der Waals surface area contributed by atoms with E-state index in [1.807, 2.05) is 23.1 Å². The molecule has 25 heavy (non-hydrogen) atoms. The Kier molecular flexibility index (Phi) is 5.91. The molecule has 2 aromatic rings. The Morgan fingerprint density at radius 1 is 1.08 bits per heavy atom. The molecule has 3 rings (SSSR count). The van der Waals surface area contributed by atoms with Crippen LogP contribution in [-0.4, -0.2) is 36.4 Å². The summed E-state index contributed by atoms with van der Waals surface area (Å²) < 4.78 is 6.59. The molecule has 1 N–H and O–H groups in total. The normalized spacial score (nSPS) is 13.6. The highest BCUT2D eigenvalue weighted by atomic mass is 127. The number of nitrogens with zero attached hydrogens (tertiary/aromatic N) is 1. The third-order valence-corrected chi connectivity index (χ3v) is 4.67. The Hall–Kier alpha value is -2.09. The molecular weight excluding hydrogens is 431 g/mol. The van der Waals surface area contributed by atoms with Crippen LogP contribution in [0, 0.1) is 3.57 Å². The molecule has 1 saturated heterocycles. The van der Waals surface area contributed by atoms with Crippen molar-refractivity contribution in [3.05, 3.63) is 57.7 Å². The highest BCUT2D eigenvalue weighted by molar-refractivity contribution is 14.1. The average molecular weight is 450 g/mol. The first-order valence-electron chi connectivity index (χ1n) is 8.19. The van der Waals surface area contributed by atoms with Crippen LogP contribution < -0.4 is 10.1 Å². The third kappa shape index (κ3) is 4.94. The molecule has 0 spiro atoms. The van der Waals surface area contributed by atoms with Crippen LogP contribution in [0.1, 0.15) is 23.2 Å². The van der Waals surface area contributed by atoms with Gasteiger partial charge in [0.15, 0.2) is 6.61 Å². The number of hydrogen-bond acceptors (Lipinski definition) is 3. The van der Waals surface area contributed by atoms with Gasteiger partial charge in [-0.3, -0.25) is 9.59 Å². The Morgan fingerprint density at radius 3 is 2.60 bits per heavy atom. The Labute approximate surface area is 160 Å². The molecule has 1 aliphatic rings. The van der Waals surface area contributed by atoms with Crippen LogP contribution in [0.3, 0.4) is 0 Å². The lowest BCUT2D eigenvalue weighted by molar-refractivity contribution is -0.132. The van der Waals surface area contributed by atoms with Crippen LogP contribution in [-0.2, 0) is 4.79 Å². The molecule has 0 bridgehead atoms. The van der Waals surface area contributed by atoms with Crippen molar-refractivity contribution in [3.8, 4) is 5.75 Å². The van der Waals surface area contributed by atoms with Gasteiger partial charge in [0, 0.05) is 34.0 Å². The number of nitrogens with one attached hydrogen (secondary N) is 1. The summed E-state index contributed by atoms with van der Waals surface area (Å²) in [6, 6.07) is 14.5. The van der Waals surface area contributed by atoms with Crippen molar-refractivity contribution in [1.82, 2.24) is 4.90 Å². The predicted octanol–water partition coefficient (Wildman–Crippen LogP) is 3.54. The van der Waals surface area contributed by atoms with Crippen LogP contribution in [0.5, 0.6) is 5.75 Å². The van der Waals surface area contributed by atoms with Crippen molar-refractivity contribution in [2.24, 2.45) is 0 Å². The first-order valence-corrected chi connectivity index (χ1v) is 9.27. The van der Waals surface area contributed by atoms with E-state index >= 15 is 0 Å². The zero-order valence-corrected chi connectivity index (χ0v) is 15.9. The van der Waals surface area contributed by atoms with Crippen LogP contribution >= 0.6 is 22.6 Å². The summed E-state index contributed by atoms with van der Waals surface area (Å²) in [4.78, 5) is 26.2. The van der Waals surface area contributed by atoms with E-state index in [2.05, 4.69) is 27.9 Å². The fourth-order valence-electron chi connectivity index (χ4n) is 2.70. The molecule has 1 heterocycles. The van der Waals surface area contributed by atoms with E-state index in [-0.39, 0.29) is 18.4 Å². The van der Waals surface area contributed by atoms with Crippen LogP contribution in [0.2, 0.25) is 0 Å². The SMILES string of the molecule is O=C(Nc1cccc(OCC(=O)N2CCCC2)c1)c1cccc(I)c1. The number of halogens is 1. The molecule has 0 aromatic heterocycles. The van der Waals surface area contributed by atoms with Gasteiger partial charge in [0.25, 0.3) is 11.8 Å². The van der Waals surface area contributed by atoms with Crippen LogP contribution in [0.4, 0.5) is 5.69 Å². The largest absolute Gasteiger partial charge is 0.484 e. The molecule has 1 aliphatic heterocycles. The number of rotatable bonds is 5. The highest BCUT2D eigenvalue weighted by Gasteiger charge is 2.18. The summed E-state index contributed by atoms with van der Waals surface area (Å²) >= 11 is 2.17. The third-order valence-electron chi connectivity index (χ3n) is 4.00. The van der Waals surface area contributed by atoms with E-state index < -0.39 is 0 Å². The summed E-state index contributed by atoms with van der Waals surface area (Å²) in [7, 11) is 0. The molecule has 130 valence electrons. The van der Waals surface area contributed by atoms with Crippen molar-refractivity contribution in [2.75, 3.05) is 25.0 Å². The second kappa shape index (κ2) is 8.33. The van der Waals surface area contributed by atoms with E-state index in [1.165, 1.54) is 0 Å². The average Bonchev–Trinajstić information content (AvgIpc) is 3.15. The molecule has 6 heteroatoms. The summed E-state index contributed by atoms with van der Waals surface area (Å²) in [6.07, 6.45) is 2.12. The Bertz CT molecular complexity index is 773. The van der Waals surface area contributed by atoms with Crippen LogP contribution in [0.25, 0.3) is 0 Å². The standard InChI is InChI=1S/C19H19IN2O3/c20-15-6-3-5-14(11-15)19(24)21-16-7-4-8-17(12-16)25-13-18(23)22-9-1-2-10-22/h3-8,11-12H,1-2,9-10,13H2,(H,21,24). The first kappa shape index (κ1) is 17.7. The maximum absolute atomic E-state index is 12.3. The van der Waals surface area contributed by atoms with Crippen molar-refractivity contribution < 1.29 is 14.3 Å². The topological polar surface area (TPSA) is 58.6 Å². The van der Waals surface area contributed by atoms with E-state index in [4.69, 9.17) is 4.74 Å². The maximum Gasteiger partial charge on any atom is 0.260 e. The molecule has 0 atom stereocenters. The van der Waals surface area contributed by atoms with E-state index in [1.54, 1.807) is 30.3 Å². The fourth-order valence-corrected chi connectivity index (χ4v) is 3.24. The minimum atomic E-state index is -0.177. The lowest BCUT2D eigenvalue weighted by Crippen LogP contribution is -2.32. The van der Waals surface area contributed by atoms with Gasteiger partial charge in [0.2, 0.25) is 0 Å². The summed E-state index contributed by atoms with van der Waals surface area (Å²) in [5, 5.41) is 2.85. The van der Waals surface area contributed by atoms with E-state index in [9.17, 15) is 9.59 Å². The molecule has 0 unspecified atom stereocenters. The summed E-state index contributed by atoms with van der Waals surface area (Å²) in [5.41, 5.74) is 1.23. The minimum absolute atomic E-state index is 0.00537. The van der Waals surface area contributed by atoms with Gasteiger partial charge in [0.05, 0.1) is 0 Å². The zero-order valence-electron chi connectivity index (χ0n) is 13.7. The lowest BCUT2D eigenvalue weighted by atomic mass is 10.2. The molecular formula is C19H19IN2O3. The molecule has 0 radical (unpaired) electrons. The second-order valence-electron chi connectivity index (χ2n) is 5.87. The predicted molar refractivity (Wildman–Crippen MR) is 105 cm³/mol. The lowest BCUT2D eigenvalue weighted by Gasteiger charge is -2.15. The van der Waals surface area contributed by atoms with Gasteiger partial charge in [-0.05, 0) is 65.8 Å². The van der Waals surface area contributed by atoms with E-state index in [0.717, 1.165) is 29.5 Å². The number of carbonyl (C=O) groups excluding carboxylic acids is 2. The Balaban J connectivity index is 1.59. The molecule has 2 aromatic carbocycles. The van der Waals surface area contributed by atoms with Gasteiger partial charge < -0.3 is 15.0 Å². The number of hydrogen-bond donors (Lipinski definition) is 1. The Morgan fingerprint density at radius 2 is 1.84 bits per heavy atom. The number of ether oxygens (including phenoxy) is 1. The van der Waals surface area contributed by atoms with Gasteiger partial charge in [-0.2, -0.15) is 0 Å². The fraction of sp³-hybridized carbons (Fsp3) is 0.263. The summed E-state index contributed by atoms with van der Waals surface area (Å²) in [5.74, 6) is 0.391. The van der Waals surface area contributed by atoms with Crippen molar-refractivity contribution in [1.29, 1.82) is 0 Å². The maximum atomic E-state index is 12.3. The molecule has 1 fully saturated rings. The quantitative estimate of drug-likeness (QED) is 0.710. The number of anilines is 1.